The second kappa shape index (κ2) is 15.1. The number of amides is 1. The summed E-state index contributed by atoms with van der Waals surface area (Å²) >= 11 is 0. The zero-order valence-corrected chi connectivity index (χ0v) is 21.7. The van der Waals surface area contributed by atoms with Gasteiger partial charge in [0, 0.05) is 0 Å². The van der Waals surface area contributed by atoms with Crippen LogP contribution in [0.3, 0.4) is 0 Å². The third-order valence-electron chi connectivity index (χ3n) is 4.41. The molecule has 0 saturated carbocycles. The minimum absolute atomic E-state index is 0.0540. The Hall–Kier alpha value is -1.47. The molecule has 0 aromatic rings. The van der Waals surface area contributed by atoms with Gasteiger partial charge in [-0.05, 0) is 0 Å². The molecule has 1 amide bonds. The van der Waals surface area contributed by atoms with Crippen LogP contribution in [0.2, 0.25) is 0 Å². The van der Waals surface area contributed by atoms with Gasteiger partial charge in [-0.1, -0.05) is 0 Å². The maximum absolute atomic E-state index is 11.8. The van der Waals surface area contributed by atoms with Gasteiger partial charge in [-0.25, -0.2) is 0 Å². The molecule has 5 N–H and O–H groups in total. The fraction of sp³-hybridized carbons (Fsp3) is 0.786. The third-order valence-corrected chi connectivity index (χ3v) is 8.21. The van der Waals surface area contributed by atoms with Crippen LogP contribution in [0.25, 0.3) is 10.4 Å². The Kier molecular flexibility index (Phi) is 13.6. The molecule has 0 aromatic heterocycles. The standard InChI is InChI=1S/C14H25BN5O13P3/c1-10-11(2)14(19-15-4-3-6-29-7-5-17-13(21)8-18-20-16)31-12(10)9-30-35(25,26)33-36(27,28)32-34(22,23)24/h10-12,14H,5-9H2,1-2H3,(H,17,21)(H,25,26)(H,27,28)(H2,22,23,24)/t10?,11-,12+,14+/m0/s1. The molecule has 36 heavy (non-hydrogen) atoms. The van der Waals surface area contributed by atoms with E-state index in [4.69, 9.17) is 29.7 Å². The number of hydrogen-bond donors (Lipinski definition) is 5. The van der Waals surface area contributed by atoms with Gasteiger partial charge in [0.15, 0.2) is 0 Å². The van der Waals surface area contributed by atoms with E-state index >= 15 is 0 Å². The van der Waals surface area contributed by atoms with Crippen LogP contribution in [-0.2, 0) is 41.1 Å². The average Bonchev–Trinajstić information content (AvgIpc) is 3.00. The molecule has 0 bridgehead atoms. The summed E-state index contributed by atoms with van der Waals surface area (Å²) in [5.74, 6) is 4.44. The molecule has 202 valence electrons. The number of nitrogens with one attached hydrogen (secondary N) is 1. The molecule has 0 aromatic carbocycles. The molecule has 0 spiro atoms. The van der Waals surface area contributed by atoms with Crippen LogP contribution >= 0.6 is 23.5 Å². The predicted molar refractivity (Wildman–Crippen MR) is 121 cm³/mol. The minimum atomic E-state index is -5.60. The SMILES string of the molecule is CC1[C@@H](COP(=O)(O)OP(=O)(O)OP(=O)(O)O)O[C@@H](N=BC#CCOCCNC(=O)CN=[N+]=[N-])[C@H]1C. The molecule has 1 aliphatic rings. The van der Waals surface area contributed by atoms with E-state index < -0.39 is 48.3 Å². The van der Waals surface area contributed by atoms with Crippen molar-refractivity contribution in [2.75, 3.05) is 32.9 Å². The molecule has 1 heterocycles. The Morgan fingerprint density at radius 3 is 2.50 bits per heavy atom. The van der Waals surface area contributed by atoms with Crippen molar-refractivity contribution < 1.29 is 60.7 Å². The van der Waals surface area contributed by atoms with Gasteiger partial charge in [0.05, 0.1) is 0 Å². The second-order valence-electron chi connectivity index (χ2n) is 7.06. The predicted octanol–water partition coefficient (Wildman–Crippen LogP) is 0.619. The molecule has 1 rings (SSSR count). The van der Waals surface area contributed by atoms with Gasteiger partial charge in [-0.3, -0.25) is 0 Å². The van der Waals surface area contributed by atoms with E-state index in [2.05, 4.69) is 45.1 Å². The van der Waals surface area contributed by atoms with Crippen LogP contribution in [0.5, 0.6) is 0 Å². The van der Waals surface area contributed by atoms with Gasteiger partial charge < -0.3 is 5.53 Å². The number of ether oxygens (including phenoxy) is 2. The van der Waals surface area contributed by atoms with Crippen LogP contribution in [0.1, 0.15) is 13.8 Å². The molecule has 3 unspecified atom stereocenters. The summed E-state index contributed by atoms with van der Waals surface area (Å²) in [6.07, 6.45) is -1.46. The van der Waals surface area contributed by atoms with Crippen molar-refractivity contribution in [1.82, 2.24) is 5.32 Å². The van der Waals surface area contributed by atoms with Crippen molar-refractivity contribution in [3.05, 3.63) is 10.4 Å². The number of carbonyl (C=O) groups excluding carboxylic acids is 1. The normalized spacial score (nSPS) is 25.1. The summed E-state index contributed by atoms with van der Waals surface area (Å²) in [5.41, 5.74) is 8.10. The summed E-state index contributed by atoms with van der Waals surface area (Å²) in [6.45, 7) is 3.12. The van der Waals surface area contributed by atoms with Crippen LogP contribution in [0, 0.1) is 23.6 Å². The number of rotatable bonds is 14. The number of hydrogen-bond acceptors (Lipinski definition) is 11. The average molecular weight is 575 g/mol. The van der Waals surface area contributed by atoms with E-state index in [1.54, 1.807) is 13.8 Å². The van der Waals surface area contributed by atoms with E-state index in [0.29, 0.717) is 0 Å². The Bertz CT molecular complexity index is 1040. The topological polar surface area (TPSA) is 268 Å². The van der Waals surface area contributed by atoms with Crippen molar-refractivity contribution in [3.63, 3.8) is 0 Å². The van der Waals surface area contributed by atoms with Crippen LogP contribution in [0.15, 0.2) is 10.0 Å². The molecular formula is C14H25BN5O13P3. The van der Waals surface area contributed by atoms with Crippen LogP contribution in [-0.4, -0.2) is 77.8 Å². The van der Waals surface area contributed by atoms with Gasteiger partial charge in [-0.15, -0.1) is 0 Å². The van der Waals surface area contributed by atoms with Gasteiger partial charge in [-0.2, -0.15) is 0 Å². The summed E-state index contributed by atoms with van der Waals surface area (Å²) in [7, 11) is -15.1. The Balaban J connectivity index is 2.44. The summed E-state index contributed by atoms with van der Waals surface area (Å²) in [5, 5.41) is 5.58. The molecule has 18 nitrogen and oxygen atoms in total. The number of azide groups is 1. The Labute approximate surface area is 206 Å². The van der Waals surface area contributed by atoms with Crippen LogP contribution < -0.4 is 5.32 Å². The van der Waals surface area contributed by atoms with Gasteiger partial charge in [0.25, 0.3) is 0 Å². The van der Waals surface area contributed by atoms with E-state index in [1.807, 2.05) is 0 Å². The first kappa shape index (κ1) is 32.6. The van der Waals surface area contributed by atoms with E-state index in [9.17, 15) is 23.4 Å². The van der Waals surface area contributed by atoms with Crippen molar-refractivity contribution in [1.29, 1.82) is 0 Å². The first-order chi connectivity index (χ1) is 16.7. The van der Waals surface area contributed by atoms with Crippen molar-refractivity contribution in [3.8, 4) is 11.7 Å². The van der Waals surface area contributed by atoms with Gasteiger partial charge in [0.1, 0.15) is 0 Å². The first-order valence-corrected chi connectivity index (χ1v) is 14.5. The summed E-state index contributed by atoms with van der Waals surface area (Å²) in [4.78, 5) is 53.6. The Morgan fingerprint density at radius 2 is 1.86 bits per heavy atom. The first-order valence-electron chi connectivity index (χ1n) is 9.95. The molecule has 0 aliphatic carbocycles. The molecule has 1 aliphatic heterocycles. The molecule has 0 radical (unpaired) electrons. The fourth-order valence-electron chi connectivity index (χ4n) is 2.59. The van der Waals surface area contributed by atoms with Crippen molar-refractivity contribution in [2.24, 2.45) is 21.8 Å². The molecule has 22 heteroatoms. The van der Waals surface area contributed by atoms with Gasteiger partial charge >= 0.3 is 200 Å². The summed E-state index contributed by atoms with van der Waals surface area (Å²) in [6, 6.07) is 0. The third kappa shape index (κ3) is 13.7. The molecule has 1 saturated heterocycles. The van der Waals surface area contributed by atoms with E-state index in [1.165, 1.54) is 7.07 Å². The number of nitrogens with zero attached hydrogens (tertiary/aromatic N) is 4. The zero-order chi connectivity index (χ0) is 27.4. The molecule has 1 fully saturated rings. The monoisotopic (exact) mass is 575 g/mol. The van der Waals surface area contributed by atoms with E-state index in [-0.39, 0.29) is 38.1 Å². The molecule has 6 atom stereocenters. The fourth-order valence-corrected chi connectivity index (χ4v) is 5.62. The maximum atomic E-state index is 11.8. The van der Waals surface area contributed by atoms with Crippen molar-refractivity contribution >= 4 is 36.4 Å². The zero-order valence-electron chi connectivity index (χ0n) is 19.0. The number of phosphoric ester groups is 1. The summed E-state index contributed by atoms with van der Waals surface area (Å²) < 4.78 is 56.6. The Morgan fingerprint density at radius 1 is 1.17 bits per heavy atom. The quantitative estimate of drug-likeness (QED) is 0.0362. The molecular weight excluding hydrogens is 550 g/mol. The van der Waals surface area contributed by atoms with Crippen LogP contribution in [0.4, 0.5) is 0 Å². The van der Waals surface area contributed by atoms with Crippen molar-refractivity contribution in [2.45, 2.75) is 26.2 Å². The van der Waals surface area contributed by atoms with E-state index in [0.717, 1.165) is 0 Å². The van der Waals surface area contributed by atoms with Gasteiger partial charge in [0.2, 0.25) is 0 Å². The second-order valence-corrected chi connectivity index (χ2v) is 11.5. The number of phosphoric acid groups is 3. The number of carbonyl (C=O) groups is 1.